The van der Waals surface area contributed by atoms with Crippen LogP contribution in [-0.4, -0.2) is 7.11 Å². The third-order valence-corrected chi connectivity index (χ3v) is 1.94. The lowest BCUT2D eigenvalue weighted by molar-refractivity contribution is 0.294. The average Bonchev–Trinajstić information content (AvgIpc) is 2.06. The number of methoxy groups -OCH3 is 1. The van der Waals surface area contributed by atoms with Gasteiger partial charge in [0.15, 0.2) is 0 Å². The zero-order chi connectivity index (χ0) is 8.10. The Morgan fingerprint density at radius 1 is 1.36 bits per heavy atom. The van der Waals surface area contributed by atoms with E-state index >= 15 is 0 Å². The van der Waals surface area contributed by atoms with E-state index in [2.05, 4.69) is 19.1 Å². The summed E-state index contributed by atoms with van der Waals surface area (Å²) in [6, 6.07) is 0. The number of rotatable bonds is 3. The molecule has 62 valence electrons. The van der Waals surface area contributed by atoms with Gasteiger partial charge in [-0.05, 0) is 30.9 Å². The summed E-state index contributed by atoms with van der Waals surface area (Å²) in [7, 11) is 1.75. The normalized spacial score (nSPS) is 17.3. The molecule has 0 atom stereocenters. The Bertz CT molecular complexity index is 177. The van der Waals surface area contributed by atoms with Crippen LogP contribution in [0.2, 0.25) is 0 Å². The highest BCUT2D eigenvalue weighted by Crippen LogP contribution is 2.22. The molecule has 11 heavy (non-hydrogen) atoms. The standard InChI is InChI=1S/C10H16O/c1-3-6-9-7-4-5-8-10(9)11-2/h7-8H,3-6H2,1-2H3. The SMILES string of the molecule is CCCC1=CCCC=C1OC. The molecule has 0 radical (unpaired) electrons. The molecule has 0 aliphatic heterocycles. The molecule has 1 nitrogen and oxygen atoms in total. The minimum Gasteiger partial charge on any atom is -0.497 e. The van der Waals surface area contributed by atoms with Gasteiger partial charge >= 0.3 is 0 Å². The second-order valence-electron chi connectivity index (χ2n) is 2.83. The first-order valence-corrected chi connectivity index (χ1v) is 4.32. The van der Waals surface area contributed by atoms with Crippen LogP contribution in [0, 0.1) is 0 Å². The molecule has 0 spiro atoms. The van der Waals surface area contributed by atoms with Crippen molar-refractivity contribution in [2.24, 2.45) is 0 Å². The third kappa shape index (κ3) is 2.11. The molecular formula is C10H16O. The summed E-state index contributed by atoms with van der Waals surface area (Å²) in [6.07, 6.45) is 9.15. The van der Waals surface area contributed by atoms with E-state index in [1.54, 1.807) is 7.11 Å². The number of ether oxygens (including phenoxy) is 1. The Balaban J connectivity index is 2.59. The summed E-state index contributed by atoms with van der Waals surface area (Å²) in [4.78, 5) is 0. The zero-order valence-electron chi connectivity index (χ0n) is 7.39. The first kappa shape index (κ1) is 8.38. The lowest BCUT2D eigenvalue weighted by atomic mass is 10.0. The smallest absolute Gasteiger partial charge is 0.117 e. The quantitative estimate of drug-likeness (QED) is 0.604. The summed E-state index contributed by atoms with van der Waals surface area (Å²) in [6.45, 7) is 2.20. The van der Waals surface area contributed by atoms with Crippen molar-refractivity contribution in [1.82, 2.24) is 0 Å². The highest BCUT2D eigenvalue weighted by atomic mass is 16.5. The summed E-state index contributed by atoms with van der Waals surface area (Å²) in [5, 5.41) is 0. The molecule has 0 aromatic heterocycles. The van der Waals surface area contributed by atoms with Crippen LogP contribution in [-0.2, 0) is 4.74 Å². The van der Waals surface area contributed by atoms with Crippen molar-refractivity contribution in [3.63, 3.8) is 0 Å². The molecule has 1 heteroatoms. The monoisotopic (exact) mass is 152 g/mol. The zero-order valence-corrected chi connectivity index (χ0v) is 7.39. The van der Waals surface area contributed by atoms with Crippen LogP contribution in [0.1, 0.15) is 32.6 Å². The first-order chi connectivity index (χ1) is 5.38. The molecule has 0 fully saturated rings. The van der Waals surface area contributed by atoms with Gasteiger partial charge in [-0.15, -0.1) is 0 Å². The Kier molecular flexibility index (Phi) is 3.21. The maximum absolute atomic E-state index is 5.25. The molecule has 0 unspecified atom stereocenters. The molecule has 1 aliphatic rings. The van der Waals surface area contributed by atoms with Gasteiger partial charge in [-0.2, -0.15) is 0 Å². The van der Waals surface area contributed by atoms with E-state index in [9.17, 15) is 0 Å². The predicted octanol–water partition coefficient (Wildman–Crippen LogP) is 3.04. The van der Waals surface area contributed by atoms with Crippen molar-refractivity contribution >= 4 is 0 Å². The fourth-order valence-electron chi connectivity index (χ4n) is 1.41. The van der Waals surface area contributed by atoms with Gasteiger partial charge in [-0.25, -0.2) is 0 Å². The van der Waals surface area contributed by atoms with Gasteiger partial charge in [0.05, 0.1) is 7.11 Å². The molecular weight excluding hydrogens is 136 g/mol. The van der Waals surface area contributed by atoms with Gasteiger partial charge in [0, 0.05) is 0 Å². The van der Waals surface area contributed by atoms with E-state index in [0.717, 1.165) is 18.6 Å². The molecule has 0 aromatic carbocycles. The van der Waals surface area contributed by atoms with Gasteiger partial charge in [0.2, 0.25) is 0 Å². The molecule has 0 amide bonds. The molecule has 0 saturated heterocycles. The van der Waals surface area contributed by atoms with Crippen molar-refractivity contribution in [3.05, 3.63) is 23.5 Å². The summed E-state index contributed by atoms with van der Waals surface area (Å²) >= 11 is 0. The van der Waals surface area contributed by atoms with E-state index in [-0.39, 0.29) is 0 Å². The van der Waals surface area contributed by atoms with Gasteiger partial charge in [-0.1, -0.05) is 19.4 Å². The lowest BCUT2D eigenvalue weighted by Gasteiger charge is -2.13. The second kappa shape index (κ2) is 4.22. The Morgan fingerprint density at radius 2 is 2.09 bits per heavy atom. The average molecular weight is 152 g/mol. The van der Waals surface area contributed by atoms with Crippen molar-refractivity contribution in [2.75, 3.05) is 7.11 Å². The second-order valence-corrected chi connectivity index (χ2v) is 2.83. The highest BCUT2D eigenvalue weighted by Gasteiger charge is 2.06. The fraction of sp³-hybridized carbons (Fsp3) is 0.600. The Hall–Kier alpha value is -0.720. The van der Waals surface area contributed by atoms with Gasteiger partial charge < -0.3 is 4.74 Å². The third-order valence-electron chi connectivity index (χ3n) is 1.94. The lowest BCUT2D eigenvalue weighted by Crippen LogP contribution is -1.96. The van der Waals surface area contributed by atoms with Crippen LogP contribution >= 0.6 is 0 Å². The van der Waals surface area contributed by atoms with Crippen molar-refractivity contribution in [1.29, 1.82) is 0 Å². The number of hydrogen-bond acceptors (Lipinski definition) is 1. The maximum atomic E-state index is 5.25. The topological polar surface area (TPSA) is 9.23 Å². The molecule has 0 bridgehead atoms. The molecule has 0 heterocycles. The number of hydrogen-bond donors (Lipinski definition) is 0. The van der Waals surface area contributed by atoms with Crippen molar-refractivity contribution < 1.29 is 4.74 Å². The van der Waals surface area contributed by atoms with Crippen LogP contribution < -0.4 is 0 Å². The first-order valence-electron chi connectivity index (χ1n) is 4.32. The van der Waals surface area contributed by atoms with Crippen molar-refractivity contribution in [3.8, 4) is 0 Å². The summed E-state index contributed by atoms with van der Waals surface area (Å²) in [5.74, 6) is 1.10. The van der Waals surface area contributed by atoms with Crippen molar-refractivity contribution in [2.45, 2.75) is 32.6 Å². The Morgan fingerprint density at radius 3 is 2.73 bits per heavy atom. The molecule has 0 aromatic rings. The van der Waals surface area contributed by atoms with E-state index in [1.807, 2.05) is 0 Å². The van der Waals surface area contributed by atoms with Crippen LogP contribution in [0.15, 0.2) is 23.5 Å². The maximum Gasteiger partial charge on any atom is 0.117 e. The van der Waals surface area contributed by atoms with Crippen LogP contribution in [0.5, 0.6) is 0 Å². The summed E-state index contributed by atoms with van der Waals surface area (Å²) < 4.78 is 5.25. The van der Waals surface area contributed by atoms with Crippen LogP contribution in [0.3, 0.4) is 0 Å². The Labute approximate surface area is 68.8 Å². The number of allylic oxidation sites excluding steroid dienone is 3. The fourth-order valence-corrected chi connectivity index (χ4v) is 1.41. The summed E-state index contributed by atoms with van der Waals surface area (Å²) in [5.41, 5.74) is 1.39. The van der Waals surface area contributed by atoms with E-state index in [0.29, 0.717) is 0 Å². The molecule has 1 rings (SSSR count). The van der Waals surface area contributed by atoms with Crippen LogP contribution in [0.25, 0.3) is 0 Å². The molecule has 0 N–H and O–H groups in total. The van der Waals surface area contributed by atoms with E-state index in [4.69, 9.17) is 4.74 Å². The van der Waals surface area contributed by atoms with Gasteiger partial charge in [-0.3, -0.25) is 0 Å². The van der Waals surface area contributed by atoms with E-state index in [1.165, 1.54) is 18.4 Å². The minimum absolute atomic E-state index is 1.10. The largest absolute Gasteiger partial charge is 0.497 e. The molecule has 1 aliphatic carbocycles. The van der Waals surface area contributed by atoms with Crippen LogP contribution in [0.4, 0.5) is 0 Å². The predicted molar refractivity (Wildman–Crippen MR) is 47.3 cm³/mol. The minimum atomic E-state index is 1.10. The van der Waals surface area contributed by atoms with Gasteiger partial charge in [0.25, 0.3) is 0 Å². The highest BCUT2D eigenvalue weighted by molar-refractivity contribution is 5.28. The van der Waals surface area contributed by atoms with E-state index < -0.39 is 0 Å². The van der Waals surface area contributed by atoms with Gasteiger partial charge in [0.1, 0.15) is 5.76 Å². The molecule has 0 saturated carbocycles.